The molecule has 0 atom stereocenters. The molecule has 120 valence electrons. The van der Waals surface area contributed by atoms with E-state index in [1.807, 2.05) is 0 Å². The van der Waals surface area contributed by atoms with Crippen molar-refractivity contribution in [1.29, 1.82) is 0 Å². The average molecular weight is 317 g/mol. The summed E-state index contributed by atoms with van der Waals surface area (Å²) in [4.78, 5) is 25.1. The molecule has 1 amide bonds. The first kappa shape index (κ1) is 16.3. The quantitative estimate of drug-likeness (QED) is 0.837. The standard InChI is InChI=1S/C14H23NO5S/c1-21(19,20)14(6-2-3-7-14)13(18)15-8-4-11(5-9-15)10-12(16)17/h11H,2-10H2,1H3,(H,16,17). The lowest BCUT2D eigenvalue weighted by Gasteiger charge is -2.37. The van der Waals surface area contributed by atoms with Crippen molar-refractivity contribution in [2.24, 2.45) is 5.92 Å². The fraction of sp³-hybridized carbons (Fsp3) is 0.857. The number of hydrogen-bond acceptors (Lipinski definition) is 4. The molecule has 1 N–H and O–H groups in total. The lowest BCUT2D eigenvalue weighted by atomic mass is 9.92. The summed E-state index contributed by atoms with van der Waals surface area (Å²) in [5.41, 5.74) is 0. The van der Waals surface area contributed by atoms with E-state index in [0.29, 0.717) is 38.8 Å². The number of carbonyl (C=O) groups excluding carboxylic acids is 1. The molecule has 0 spiro atoms. The van der Waals surface area contributed by atoms with E-state index >= 15 is 0 Å². The second-order valence-corrected chi connectivity index (χ2v) is 8.63. The van der Waals surface area contributed by atoms with Gasteiger partial charge in [-0.25, -0.2) is 8.42 Å². The third-order valence-corrected chi connectivity index (χ3v) is 6.88. The molecule has 1 saturated heterocycles. The first-order valence-corrected chi connectivity index (χ1v) is 9.36. The van der Waals surface area contributed by atoms with E-state index in [4.69, 9.17) is 5.11 Å². The van der Waals surface area contributed by atoms with Crippen LogP contribution in [0.15, 0.2) is 0 Å². The monoisotopic (exact) mass is 317 g/mol. The molecule has 1 aliphatic carbocycles. The number of carbonyl (C=O) groups is 2. The minimum Gasteiger partial charge on any atom is -0.481 e. The van der Waals surface area contributed by atoms with E-state index in [-0.39, 0.29) is 18.2 Å². The number of nitrogens with zero attached hydrogens (tertiary/aromatic N) is 1. The zero-order valence-corrected chi connectivity index (χ0v) is 13.2. The summed E-state index contributed by atoms with van der Waals surface area (Å²) in [7, 11) is -3.43. The van der Waals surface area contributed by atoms with Crippen LogP contribution in [-0.4, -0.2) is 54.4 Å². The molecule has 7 heteroatoms. The minimum atomic E-state index is -3.43. The largest absolute Gasteiger partial charge is 0.481 e. The van der Waals surface area contributed by atoms with Gasteiger partial charge in [-0.15, -0.1) is 0 Å². The van der Waals surface area contributed by atoms with E-state index < -0.39 is 20.6 Å². The predicted molar refractivity (Wildman–Crippen MR) is 77.6 cm³/mol. The van der Waals surface area contributed by atoms with Gasteiger partial charge in [-0.2, -0.15) is 0 Å². The second kappa shape index (κ2) is 5.94. The molecule has 0 radical (unpaired) electrons. The Morgan fingerprint density at radius 3 is 2.14 bits per heavy atom. The molecule has 2 rings (SSSR count). The average Bonchev–Trinajstić information content (AvgIpc) is 2.88. The number of carboxylic acids is 1. The van der Waals surface area contributed by atoms with E-state index in [0.717, 1.165) is 19.1 Å². The topological polar surface area (TPSA) is 91.8 Å². The summed E-state index contributed by atoms with van der Waals surface area (Å²) < 4.78 is 23.0. The zero-order chi connectivity index (χ0) is 15.7. The number of likely N-dealkylation sites (tertiary alicyclic amines) is 1. The molecule has 0 aromatic carbocycles. The Balaban J connectivity index is 2.06. The van der Waals surface area contributed by atoms with Crippen LogP contribution in [0.4, 0.5) is 0 Å². The molecular formula is C14H23NO5S. The first-order valence-electron chi connectivity index (χ1n) is 7.47. The maximum atomic E-state index is 12.7. The molecule has 1 saturated carbocycles. The number of piperidine rings is 1. The van der Waals surface area contributed by atoms with Gasteiger partial charge in [0.25, 0.3) is 0 Å². The van der Waals surface area contributed by atoms with Crippen molar-refractivity contribution < 1.29 is 23.1 Å². The number of carboxylic acid groups (broad SMARTS) is 1. The highest BCUT2D eigenvalue weighted by Gasteiger charge is 2.51. The summed E-state index contributed by atoms with van der Waals surface area (Å²) in [6.45, 7) is 0.933. The molecule has 2 fully saturated rings. The van der Waals surface area contributed by atoms with Crippen molar-refractivity contribution in [3.05, 3.63) is 0 Å². The maximum Gasteiger partial charge on any atom is 0.303 e. The summed E-state index contributed by atoms with van der Waals surface area (Å²) in [6.07, 6.45) is 4.93. The zero-order valence-electron chi connectivity index (χ0n) is 12.4. The van der Waals surface area contributed by atoms with Crippen molar-refractivity contribution in [3.8, 4) is 0 Å². The summed E-state index contributed by atoms with van der Waals surface area (Å²) in [5, 5.41) is 8.80. The molecular weight excluding hydrogens is 294 g/mol. The third kappa shape index (κ3) is 3.22. The highest BCUT2D eigenvalue weighted by molar-refractivity contribution is 7.92. The summed E-state index contributed by atoms with van der Waals surface area (Å²) in [5.74, 6) is -0.997. The van der Waals surface area contributed by atoms with Crippen LogP contribution < -0.4 is 0 Å². The number of sulfone groups is 1. The van der Waals surface area contributed by atoms with Gasteiger partial charge in [0.05, 0.1) is 0 Å². The molecule has 1 aliphatic heterocycles. The normalized spacial score (nSPS) is 23.2. The third-order valence-electron chi connectivity index (χ3n) is 4.88. The van der Waals surface area contributed by atoms with Crippen LogP contribution in [0.3, 0.4) is 0 Å². The van der Waals surface area contributed by atoms with Crippen LogP contribution in [-0.2, 0) is 19.4 Å². The smallest absolute Gasteiger partial charge is 0.303 e. The van der Waals surface area contributed by atoms with Crippen molar-refractivity contribution in [2.75, 3.05) is 19.3 Å². The second-order valence-electron chi connectivity index (χ2n) is 6.31. The lowest BCUT2D eigenvalue weighted by molar-refractivity contribution is -0.139. The van der Waals surface area contributed by atoms with Gasteiger partial charge in [0.2, 0.25) is 5.91 Å². The molecule has 0 aromatic rings. The fourth-order valence-electron chi connectivity index (χ4n) is 3.56. The van der Waals surface area contributed by atoms with E-state index in [9.17, 15) is 18.0 Å². The van der Waals surface area contributed by atoms with Crippen LogP contribution in [0.25, 0.3) is 0 Å². The number of hydrogen-bond donors (Lipinski definition) is 1. The van der Waals surface area contributed by atoms with Crippen molar-refractivity contribution in [1.82, 2.24) is 4.90 Å². The van der Waals surface area contributed by atoms with Gasteiger partial charge in [-0.05, 0) is 31.6 Å². The Labute approximate surface area is 125 Å². The Kier molecular flexibility index (Phi) is 4.60. The van der Waals surface area contributed by atoms with Gasteiger partial charge in [-0.3, -0.25) is 9.59 Å². The molecule has 0 unspecified atom stereocenters. The molecule has 21 heavy (non-hydrogen) atoms. The predicted octanol–water partition coefficient (Wildman–Crippen LogP) is 1.06. The van der Waals surface area contributed by atoms with Crippen molar-refractivity contribution >= 4 is 21.7 Å². The van der Waals surface area contributed by atoms with Gasteiger partial charge in [0.1, 0.15) is 0 Å². The van der Waals surface area contributed by atoms with Crippen molar-refractivity contribution in [2.45, 2.75) is 49.7 Å². The minimum absolute atomic E-state index is 0.0873. The Morgan fingerprint density at radius 2 is 1.71 bits per heavy atom. The first-order chi connectivity index (χ1) is 9.76. The van der Waals surface area contributed by atoms with Crippen LogP contribution in [0.2, 0.25) is 0 Å². The van der Waals surface area contributed by atoms with Crippen LogP contribution in [0.1, 0.15) is 44.9 Å². The highest BCUT2D eigenvalue weighted by atomic mass is 32.2. The van der Waals surface area contributed by atoms with Crippen LogP contribution in [0, 0.1) is 5.92 Å². The number of aliphatic carboxylic acids is 1. The Bertz CT molecular complexity index is 513. The van der Waals surface area contributed by atoms with Gasteiger partial charge in [0.15, 0.2) is 14.6 Å². The van der Waals surface area contributed by atoms with Crippen molar-refractivity contribution in [3.63, 3.8) is 0 Å². The SMILES string of the molecule is CS(=O)(=O)C1(C(=O)N2CCC(CC(=O)O)CC2)CCCC1. The van der Waals surface area contributed by atoms with Gasteiger partial charge in [0, 0.05) is 25.8 Å². The van der Waals surface area contributed by atoms with E-state index in [2.05, 4.69) is 0 Å². The number of amides is 1. The van der Waals surface area contributed by atoms with Gasteiger partial charge in [-0.1, -0.05) is 12.8 Å². The van der Waals surface area contributed by atoms with E-state index in [1.165, 1.54) is 0 Å². The number of rotatable bonds is 4. The highest BCUT2D eigenvalue weighted by Crippen LogP contribution is 2.39. The van der Waals surface area contributed by atoms with Gasteiger partial charge >= 0.3 is 5.97 Å². The molecule has 6 nitrogen and oxygen atoms in total. The summed E-state index contributed by atoms with van der Waals surface area (Å²) in [6, 6.07) is 0. The molecule has 0 aromatic heterocycles. The Hall–Kier alpha value is -1.11. The van der Waals surface area contributed by atoms with E-state index in [1.54, 1.807) is 4.90 Å². The maximum absolute atomic E-state index is 12.7. The molecule has 0 bridgehead atoms. The summed E-state index contributed by atoms with van der Waals surface area (Å²) >= 11 is 0. The van der Waals surface area contributed by atoms with Gasteiger partial charge < -0.3 is 10.0 Å². The van der Waals surface area contributed by atoms with Crippen LogP contribution in [0.5, 0.6) is 0 Å². The lowest BCUT2D eigenvalue weighted by Crippen LogP contribution is -2.54. The van der Waals surface area contributed by atoms with Crippen LogP contribution >= 0.6 is 0 Å². The molecule has 1 heterocycles. The fourth-order valence-corrected chi connectivity index (χ4v) is 5.04. The molecule has 2 aliphatic rings. The Morgan fingerprint density at radius 1 is 1.19 bits per heavy atom.